The molecular weight excluding hydrogens is 326 g/mol. The van der Waals surface area contributed by atoms with Crippen molar-refractivity contribution in [1.29, 1.82) is 0 Å². The average molecular weight is 344 g/mol. The predicted octanol–water partition coefficient (Wildman–Crippen LogP) is 4.06. The zero-order valence-corrected chi connectivity index (χ0v) is 14.0. The number of para-hydroxylation sites is 1. The van der Waals surface area contributed by atoms with Crippen LogP contribution in [-0.4, -0.2) is 11.9 Å². The van der Waals surface area contributed by atoms with Crippen LogP contribution < -0.4 is 16.0 Å². The second kappa shape index (κ2) is 8.48. The third-order valence-electron chi connectivity index (χ3n) is 3.66. The lowest BCUT2D eigenvalue weighted by Crippen LogP contribution is -2.28. The molecule has 1 radical (unpaired) electrons. The number of carbonyl (C=O) groups excluding carboxylic acids is 2. The molecule has 3 aromatic carbocycles. The van der Waals surface area contributed by atoms with Crippen molar-refractivity contribution < 1.29 is 9.59 Å². The molecule has 0 aliphatic carbocycles. The number of anilines is 2. The molecule has 0 aromatic heterocycles. The van der Waals surface area contributed by atoms with E-state index in [4.69, 9.17) is 0 Å². The molecule has 5 nitrogen and oxygen atoms in total. The van der Waals surface area contributed by atoms with E-state index in [2.05, 4.69) is 22.0 Å². The zero-order valence-electron chi connectivity index (χ0n) is 14.0. The van der Waals surface area contributed by atoms with Crippen LogP contribution in [0.15, 0.2) is 78.9 Å². The second-order valence-corrected chi connectivity index (χ2v) is 5.60. The zero-order chi connectivity index (χ0) is 18.2. The number of amides is 3. The van der Waals surface area contributed by atoms with Gasteiger partial charge >= 0.3 is 6.03 Å². The normalized spacial score (nSPS) is 10.0. The second-order valence-electron chi connectivity index (χ2n) is 5.60. The van der Waals surface area contributed by atoms with Crippen molar-refractivity contribution >= 4 is 23.3 Å². The largest absolute Gasteiger partial charge is 0.334 e. The molecule has 5 heteroatoms. The van der Waals surface area contributed by atoms with Crippen LogP contribution in [-0.2, 0) is 6.54 Å². The van der Waals surface area contributed by atoms with Crippen LogP contribution in [0.4, 0.5) is 16.2 Å². The number of benzene rings is 3. The van der Waals surface area contributed by atoms with Gasteiger partial charge in [-0.15, -0.1) is 0 Å². The summed E-state index contributed by atoms with van der Waals surface area (Å²) in [5.74, 6) is -0.229. The van der Waals surface area contributed by atoms with E-state index in [-0.39, 0.29) is 11.9 Å². The highest BCUT2D eigenvalue weighted by atomic mass is 16.2. The van der Waals surface area contributed by atoms with Crippen molar-refractivity contribution in [3.8, 4) is 0 Å². The van der Waals surface area contributed by atoms with E-state index in [0.29, 0.717) is 23.5 Å². The lowest BCUT2D eigenvalue weighted by molar-refractivity contribution is 0.102. The summed E-state index contributed by atoms with van der Waals surface area (Å²) in [5.41, 5.74) is 2.74. The number of rotatable bonds is 5. The average Bonchev–Trinajstić information content (AvgIpc) is 2.68. The summed E-state index contributed by atoms with van der Waals surface area (Å²) in [6.07, 6.45) is 0. The molecule has 0 bridgehead atoms. The fourth-order valence-electron chi connectivity index (χ4n) is 2.32. The predicted molar refractivity (Wildman–Crippen MR) is 102 cm³/mol. The standard InChI is InChI=1S/C21H18N3O2/c25-20(23-18-9-5-2-6-10-18)17-11-13-19(14-12-17)24-21(26)22-15-16-7-3-1-4-8-16/h1-9,11-14H,15H2,(H,23,25)(H2,22,24,26). The summed E-state index contributed by atoms with van der Waals surface area (Å²) in [5, 5.41) is 8.29. The van der Waals surface area contributed by atoms with Crippen LogP contribution in [0.3, 0.4) is 0 Å². The molecule has 0 heterocycles. The fourth-order valence-corrected chi connectivity index (χ4v) is 2.32. The van der Waals surface area contributed by atoms with Crippen molar-refractivity contribution in [3.63, 3.8) is 0 Å². The van der Waals surface area contributed by atoms with Gasteiger partial charge in [0.15, 0.2) is 0 Å². The van der Waals surface area contributed by atoms with Crippen molar-refractivity contribution in [2.75, 3.05) is 10.6 Å². The Morgan fingerprint density at radius 2 is 1.54 bits per heavy atom. The van der Waals surface area contributed by atoms with E-state index in [1.54, 1.807) is 36.4 Å². The van der Waals surface area contributed by atoms with Crippen molar-refractivity contribution in [1.82, 2.24) is 5.32 Å². The topological polar surface area (TPSA) is 70.2 Å². The van der Waals surface area contributed by atoms with Gasteiger partial charge in [-0.3, -0.25) is 4.79 Å². The molecule has 0 spiro atoms. The highest BCUT2D eigenvalue weighted by molar-refractivity contribution is 6.04. The molecule has 0 aliphatic rings. The summed E-state index contributed by atoms with van der Waals surface area (Å²) in [7, 11) is 0. The maximum Gasteiger partial charge on any atom is 0.319 e. The summed E-state index contributed by atoms with van der Waals surface area (Å²) < 4.78 is 0. The molecule has 0 atom stereocenters. The molecule has 0 saturated heterocycles. The van der Waals surface area contributed by atoms with Gasteiger partial charge in [0, 0.05) is 29.5 Å². The van der Waals surface area contributed by atoms with Crippen LogP contribution in [0.1, 0.15) is 15.9 Å². The molecule has 3 rings (SSSR count). The minimum Gasteiger partial charge on any atom is -0.334 e. The Hall–Kier alpha value is -3.60. The molecular formula is C21H18N3O2. The van der Waals surface area contributed by atoms with Gasteiger partial charge in [0.1, 0.15) is 0 Å². The molecule has 0 fully saturated rings. The van der Waals surface area contributed by atoms with Crippen molar-refractivity contribution in [3.05, 3.63) is 96.1 Å². The maximum atomic E-state index is 12.2. The van der Waals surface area contributed by atoms with Gasteiger partial charge < -0.3 is 16.0 Å². The third kappa shape index (κ3) is 4.95. The Balaban J connectivity index is 1.52. The van der Waals surface area contributed by atoms with E-state index < -0.39 is 0 Å². The van der Waals surface area contributed by atoms with Gasteiger partial charge in [-0.2, -0.15) is 0 Å². The summed E-state index contributed by atoms with van der Waals surface area (Å²) in [6.45, 7) is 0.445. The Kier molecular flexibility index (Phi) is 5.62. The highest BCUT2D eigenvalue weighted by Crippen LogP contribution is 2.12. The van der Waals surface area contributed by atoms with E-state index in [1.807, 2.05) is 42.5 Å². The van der Waals surface area contributed by atoms with Gasteiger partial charge in [-0.05, 0) is 35.9 Å². The Morgan fingerprint density at radius 3 is 2.23 bits per heavy atom. The lowest BCUT2D eigenvalue weighted by atomic mass is 10.2. The van der Waals surface area contributed by atoms with E-state index in [9.17, 15) is 9.59 Å². The summed E-state index contributed by atoms with van der Waals surface area (Å²) in [4.78, 5) is 24.1. The fraction of sp³-hybridized carbons (Fsp3) is 0.0476. The first-order valence-corrected chi connectivity index (χ1v) is 8.17. The van der Waals surface area contributed by atoms with Gasteiger partial charge in [-0.1, -0.05) is 48.5 Å². The smallest absolute Gasteiger partial charge is 0.319 e. The van der Waals surface area contributed by atoms with E-state index in [0.717, 1.165) is 5.56 Å². The third-order valence-corrected chi connectivity index (χ3v) is 3.66. The van der Waals surface area contributed by atoms with Crippen LogP contribution in [0.5, 0.6) is 0 Å². The number of hydrogen-bond acceptors (Lipinski definition) is 2. The number of urea groups is 1. The number of hydrogen-bond donors (Lipinski definition) is 3. The SMILES string of the molecule is O=C(NCc1ccccc1)Nc1ccc(C(=O)Nc2[c]cccc2)cc1. The molecule has 3 N–H and O–H groups in total. The van der Waals surface area contributed by atoms with Gasteiger partial charge in [0.2, 0.25) is 0 Å². The summed E-state index contributed by atoms with van der Waals surface area (Å²) in [6, 6.07) is 26.1. The highest BCUT2D eigenvalue weighted by Gasteiger charge is 2.07. The van der Waals surface area contributed by atoms with E-state index in [1.165, 1.54) is 0 Å². The van der Waals surface area contributed by atoms with Gasteiger partial charge in [-0.25, -0.2) is 4.79 Å². The molecule has 26 heavy (non-hydrogen) atoms. The first kappa shape index (κ1) is 17.2. The van der Waals surface area contributed by atoms with E-state index >= 15 is 0 Å². The molecule has 0 saturated carbocycles. The molecule has 0 aliphatic heterocycles. The van der Waals surface area contributed by atoms with Crippen molar-refractivity contribution in [2.45, 2.75) is 6.54 Å². The molecule has 3 aromatic rings. The minimum absolute atomic E-state index is 0.229. The Labute approximate surface area is 152 Å². The lowest BCUT2D eigenvalue weighted by Gasteiger charge is -2.09. The monoisotopic (exact) mass is 344 g/mol. The Morgan fingerprint density at radius 1 is 0.808 bits per heavy atom. The first-order valence-electron chi connectivity index (χ1n) is 8.17. The maximum absolute atomic E-state index is 12.2. The quantitative estimate of drug-likeness (QED) is 0.653. The first-order chi connectivity index (χ1) is 12.7. The summed E-state index contributed by atoms with van der Waals surface area (Å²) >= 11 is 0. The van der Waals surface area contributed by atoms with Crippen molar-refractivity contribution in [2.24, 2.45) is 0 Å². The number of nitrogens with one attached hydrogen (secondary N) is 3. The van der Waals surface area contributed by atoms with Crippen LogP contribution in [0.25, 0.3) is 0 Å². The van der Waals surface area contributed by atoms with Gasteiger partial charge in [0.05, 0.1) is 0 Å². The van der Waals surface area contributed by atoms with Gasteiger partial charge in [0.25, 0.3) is 5.91 Å². The van der Waals surface area contributed by atoms with Crippen LogP contribution in [0, 0.1) is 6.07 Å². The van der Waals surface area contributed by atoms with Crippen LogP contribution >= 0.6 is 0 Å². The molecule has 129 valence electrons. The number of carbonyl (C=O) groups is 2. The minimum atomic E-state index is -0.301. The molecule has 3 amide bonds. The molecule has 0 unspecified atom stereocenters. The Bertz CT molecular complexity index is 863. The van der Waals surface area contributed by atoms with Crippen LogP contribution in [0.2, 0.25) is 0 Å².